The van der Waals surface area contributed by atoms with E-state index in [9.17, 15) is 16.8 Å². The van der Waals surface area contributed by atoms with Gasteiger partial charge in [0, 0.05) is 5.02 Å². The second kappa shape index (κ2) is 11.4. The van der Waals surface area contributed by atoms with Crippen molar-refractivity contribution in [3.05, 3.63) is 52.5 Å². The highest BCUT2D eigenvalue weighted by molar-refractivity contribution is 9.42. The molecule has 14 heteroatoms. The monoisotopic (exact) mass is 872 g/mol. The van der Waals surface area contributed by atoms with E-state index in [0.29, 0.717) is 10.8 Å². The molecule has 0 heterocycles. The van der Waals surface area contributed by atoms with E-state index in [2.05, 4.69) is 95.6 Å². The van der Waals surface area contributed by atoms with Gasteiger partial charge in [-0.2, -0.15) is 0 Å². The fourth-order valence-electron chi connectivity index (χ4n) is 2.07. The number of alkyl halides is 6. The summed E-state index contributed by atoms with van der Waals surface area (Å²) in [5, 5.41) is 0.540. The maximum absolute atomic E-state index is 12.0. The fraction of sp³-hybridized carbons (Fsp3) is 0.294. The Kier molecular flexibility index (Phi) is 11.1. The van der Waals surface area contributed by atoms with Gasteiger partial charge >= 0.3 is 0 Å². The van der Waals surface area contributed by atoms with Crippen molar-refractivity contribution in [1.82, 2.24) is 0 Å². The normalized spacial score (nSPS) is 12.7. The van der Waals surface area contributed by atoms with E-state index < -0.39 is 22.6 Å². The molecular weight excluding hydrogens is 863 g/mol. The van der Waals surface area contributed by atoms with Gasteiger partial charge < -0.3 is 4.74 Å². The minimum atomic E-state index is -3.53. The molecule has 2 rings (SSSR count). The molecule has 0 aromatic heterocycles. The number of rotatable bonds is 3. The summed E-state index contributed by atoms with van der Waals surface area (Å²) in [6, 6.07) is 9.23. The molecule has 0 N–H and O–H groups in total. The molecule has 5 nitrogen and oxygen atoms in total. The summed E-state index contributed by atoms with van der Waals surface area (Å²) >= 11 is 23.8. The van der Waals surface area contributed by atoms with E-state index in [-0.39, 0.29) is 9.79 Å². The first-order chi connectivity index (χ1) is 13.9. The molecule has 0 atom stereocenters. The molecular formula is C17H15Br6ClO5S2. The fourth-order valence-corrected chi connectivity index (χ4v) is 7.24. The van der Waals surface area contributed by atoms with Crippen molar-refractivity contribution in [1.29, 1.82) is 0 Å². The third-order valence-electron chi connectivity index (χ3n) is 3.73. The first kappa shape index (κ1) is 30.3. The number of methoxy groups -OCH3 is 1. The van der Waals surface area contributed by atoms with Crippen LogP contribution in [0.15, 0.2) is 46.2 Å². The van der Waals surface area contributed by atoms with E-state index in [1.807, 2.05) is 0 Å². The van der Waals surface area contributed by atoms with E-state index in [0.717, 1.165) is 11.1 Å². The van der Waals surface area contributed by atoms with Crippen molar-refractivity contribution in [3.8, 4) is 5.75 Å². The van der Waals surface area contributed by atoms with Crippen LogP contribution in [0.4, 0.5) is 0 Å². The lowest BCUT2D eigenvalue weighted by molar-refractivity contribution is 0.411. The molecule has 2 aromatic rings. The molecule has 0 aliphatic rings. The number of hydrogen-bond acceptors (Lipinski definition) is 5. The van der Waals surface area contributed by atoms with Crippen molar-refractivity contribution < 1.29 is 21.6 Å². The summed E-state index contributed by atoms with van der Waals surface area (Å²) in [5.74, 6) is 0.656. The number of sulfone groups is 2. The Morgan fingerprint density at radius 1 is 0.742 bits per heavy atom. The summed E-state index contributed by atoms with van der Waals surface area (Å²) in [4.78, 5) is 0.395. The van der Waals surface area contributed by atoms with Gasteiger partial charge in [0.1, 0.15) is 5.75 Å². The lowest BCUT2D eigenvalue weighted by atomic mass is 10.2. The molecule has 0 fully saturated rings. The average molecular weight is 878 g/mol. The zero-order chi connectivity index (χ0) is 24.4. The van der Waals surface area contributed by atoms with E-state index in [1.165, 1.54) is 18.2 Å². The number of ether oxygens (including phenoxy) is 1. The molecule has 0 aliphatic heterocycles. The lowest BCUT2D eigenvalue weighted by Crippen LogP contribution is -2.17. The molecule has 0 saturated heterocycles. The molecule has 0 unspecified atom stereocenters. The number of halogens is 7. The SMILES string of the molecule is COc1ccc(S(=O)(=O)C(Br)(Br)Br)cc1C.Cc1cc(S(=O)(=O)C(Br)(Br)Br)ccc1Cl. The lowest BCUT2D eigenvalue weighted by Gasteiger charge is -2.14. The van der Waals surface area contributed by atoms with Crippen molar-refractivity contribution in [2.45, 2.75) is 26.6 Å². The van der Waals surface area contributed by atoms with Crippen LogP contribution in [-0.2, 0) is 19.7 Å². The third kappa shape index (κ3) is 7.65. The molecule has 0 bridgehead atoms. The predicted octanol–water partition coefficient (Wildman–Crippen LogP) is 7.79. The topological polar surface area (TPSA) is 77.5 Å². The largest absolute Gasteiger partial charge is 0.496 e. The highest BCUT2D eigenvalue weighted by Gasteiger charge is 2.38. The van der Waals surface area contributed by atoms with Crippen LogP contribution in [0.3, 0.4) is 0 Å². The van der Waals surface area contributed by atoms with E-state index in [4.69, 9.17) is 16.3 Å². The molecule has 0 radical (unpaired) electrons. The maximum Gasteiger partial charge on any atom is 0.239 e. The molecule has 31 heavy (non-hydrogen) atoms. The van der Waals surface area contributed by atoms with Gasteiger partial charge in [-0.15, -0.1) is 0 Å². The number of benzene rings is 2. The van der Waals surface area contributed by atoms with Crippen molar-refractivity contribution in [3.63, 3.8) is 0 Å². The summed E-state index contributed by atoms with van der Waals surface area (Å²) in [7, 11) is -5.51. The van der Waals surface area contributed by atoms with Crippen LogP contribution >= 0.6 is 107 Å². The van der Waals surface area contributed by atoms with Crippen molar-refractivity contribution in [2.24, 2.45) is 0 Å². The van der Waals surface area contributed by atoms with Gasteiger partial charge in [0.05, 0.1) is 16.9 Å². The predicted molar refractivity (Wildman–Crippen MR) is 147 cm³/mol. The molecule has 0 amide bonds. The first-order valence-electron chi connectivity index (χ1n) is 7.89. The Morgan fingerprint density at radius 2 is 1.13 bits per heavy atom. The second-order valence-corrected chi connectivity index (χ2v) is 27.2. The van der Waals surface area contributed by atoms with Crippen LogP contribution in [0.2, 0.25) is 5.02 Å². The Labute approximate surface area is 237 Å². The van der Waals surface area contributed by atoms with Gasteiger partial charge in [0.2, 0.25) is 22.6 Å². The summed E-state index contributed by atoms with van der Waals surface area (Å²) < 4.78 is 50.3. The zero-order valence-electron chi connectivity index (χ0n) is 16.0. The van der Waals surface area contributed by atoms with Gasteiger partial charge in [-0.1, -0.05) is 11.6 Å². The third-order valence-corrected chi connectivity index (χ3v) is 14.8. The Balaban J connectivity index is 0.000000311. The van der Waals surface area contributed by atoms with E-state index >= 15 is 0 Å². The smallest absolute Gasteiger partial charge is 0.239 e. The van der Waals surface area contributed by atoms with Gasteiger partial charge in [-0.3, -0.25) is 0 Å². The Bertz CT molecular complexity index is 1160. The van der Waals surface area contributed by atoms with Crippen LogP contribution in [0.5, 0.6) is 5.75 Å². The summed E-state index contributed by atoms with van der Waals surface area (Å²) in [6.45, 7) is 3.54. The molecule has 0 spiro atoms. The van der Waals surface area contributed by atoms with Crippen LogP contribution in [0.1, 0.15) is 11.1 Å². The first-order valence-corrected chi connectivity index (χ1v) is 16.0. The average Bonchev–Trinajstić information content (AvgIpc) is 2.62. The van der Waals surface area contributed by atoms with Crippen LogP contribution in [0.25, 0.3) is 0 Å². The van der Waals surface area contributed by atoms with Crippen molar-refractivity contribution >= 4 is 127 Å². The van der Waals surface area contributed by atoms with E-state index in [1.54, 1.807) is 39.2 Å². The molecule has 0 aliphatic carbocycles. The van der Waals surface area contributed by atoms with Crippen LogP contribution in [-0.4, -0.2) is 26.9 Å². The standard InChI is InChI=1S/C9H9Br3O3S.C8H6Br3ClO2S/c1-6-5-7(3-4-8(6)15-2)16(13,14)9(10,11)12;1-5-4-6(2-3-7(5)12)15(13,14)8(9,10)11/h3-5H,1-2H3;2-4H,1H3. The molecule has 2 aromatic carbocycles. The summed E-state index contributed by atoms with van der Waals surface area (Å²) in [5.41, 5.74) is 1.48. The van der Waals surface area contributed by atoms with Gasteiger partial charge in [0.15, 0.2) is 0 Å². The maximum atomic E-state index is 12.0. The number of hydrogen-bond donors (Lipinski definition) is 0. The quantitative estimate of drug-likeness (QED) is 0.295. The zero-order valence-corrected chi connectivity index (χ0v) is 27.9. The minimum Gasteiger partial charge on any atom is -0.496 e. The van der Waals surface area contributed by atoms with Crippen LogP contribution in [0, 0.1) is 13.8 Å². The van der Waals surface area contributed by atoms with Gasteiger partial charge in [-0.25, -0.2) is 16.8 Å². The Hall–Kier alpha value is 1.31. The highest BCUT2D eigenvalue weighted by atomic mass is 80.0. The van der Waals surface area contributed by atoms with Crippen molar-refractivity contribution in [2.75, 3.05) is 7.11 Å². The second-order valence-electron chi connectivity index (χ2n) is 5.94. The van der Waals surface area contributed by atoms with Gasteiger partial charge in [0.25, 0.3) is 0 Å². The number of aryl methyl sites for hydroxylation is 2. The molecule has 174 valence electrons. The van der Waals surface area contributed by atoms with Crippen LogP contribution < -0.4 is 4.74 Å². The summed E-state index contributed by atoms with van der Waals surface area (Å²) in [6.07, 6.45) is 0. The van der Waals surface area contributed by atoms with Gasteiger partial charge in [-0.05, 0) is 157 Å². The highest BCUT2D eigenvalue weighted by Crippen LogP contribution is 2.44. The Morgan fingerprint density at radius 3 is 1.45 bits per heavy atom. The minimum absolute atomic E-state index is 0.190. The molecule has 0 saturated carbocycles.